The van der Waals surface area contributed by atoms with Gasteiger partial charge >= 0.3 is 0 Å². The van der Waals surface area contributed by atoms with E-state index in [2.05, 4.69) is 10.6 Å². The van der Waals surface area contributed by atoms with Crippen molar-refractivity contribution < 1.29 is 14.4 Å². The zero-order valence-corrected chi connectivity index (χ0v) is 17.9. The summed E-state index contributed by atoms with van der Waals surface area (Å²) in [7, 11) is 0. The fourth-order valence-electron chi connectivity index (χ4n) is 3.24. The second-order valence-corrected chi connectivity index (χ2v) is 8.84. The van der Waals surface area contributed by atoms with Gasteiger partial charge in [-0.05, 0) is 67.5 Å². The molecule has 2 aliphatic carbocycles. The van der Waals surface area contributed by atoms with Crippen LogP contribution in [0.1, 0.15) is 58.4 Å². The molecular formula is C23H22Cl2N2O3. The molecule has 2 fully saturated rings. The maximum Gasteiger partial charge on any atom is 0.257 e. The van der Waals surface area contributed by atoms with Crippen LogP contribution >= 0.6 is 23.2 Å². The molecule has 0 aliphatic heterocycles. The van der Waals surface area contributed by atoms with E-state index in [9.17, 15) is 14.4 Å². The second-order valence-electron chi connectivity index (χ2n) is 8.03. The highest BCUT2D eigenvalue weighted by Gasteiger charge is 2.29. The van der Waals surface area contributed by atoms with Crippen molar-refractivity contribution in [2.24, 2.45) is 11.8 Å². The highest BCUT2D eigenvalue weighted by molar-refractivity contribution is 6.35. The number of nitrogens with one attached hydrogen (secondary N) is 2. The molecule has 2 aromatic rings. The molecule has 30 heavy (non-hydrogen) atoms. The third-order valence-corrected chi connectivity index (χ3v) is 6.05. The quantitative estimate of drug-likeness (QED) is 0.545. The third kappa shape index (κ3) is 5.21. The first-order valence-corrected chi connectivity index (χ1v) is 10.9. The summed E-state index contributed by atoms with van der Waals surface area (Å²) in [6, 6.07) is 9.97. The smallest absolute Gasteiger partial charge is 0.257 e. The van der Waals surface area contributed by atoms with Crippen molar-refractivity contribution in [1.82, 2.24) is 5.32 Å². The topological polar surface area (TPSA) is 75.3 Å². The SMILES string of the molecule is O=C(CC1CC1)c1cc(NC(=O)c2cc(CNC(=O)C3CC3)ccc2Cl)ccc1Cl. The lowest BCUT2D eigenvalue weighted by Crippen LogP contribution is -2.24. The minimum Gasteiger partial charge on any atom is -0.352 e. The molecule has 0 aromatic heterocycles. The van der Waals surface area contributed by atoms with Gasteiger partial charge in [-0.2, -0.15) is 0 Å². The van der Waals surface area contributed by atoms with E-state index in [0.29, 0.717) is 45.7 Å². The Kier molecular flexibility index (Phi) is 6.11. The lowest BCUT2D eigenvalue weighted by Gasteiger charge is -2.11. The Bertz CT molecular complexity index is 1010. The van der Waals surface area contributed by atoms with E-state index in [4.69, 9.17) is 23.2 Å². The van der Waals surface area contributed by atoms with Crippen molar-refractivity contribution in [3.63, 3.8) is 0 Å². The van der Waals surface area contributed by atoms with Gasteiger partial charge in [-0.1, -0.05) is 29.3 Å². The molecule has 2 saturated carbocycles. The first kappa shape index (κ1) is 20.9. The molecule has 2 aliphatic rings. The minimum atomic E-state index is -0.390. The van der Waals surface area contributed by atoms with Crippen LogP contribution in [0.2, 0.25) is 10.0 Å². The van der Waals surface area contributed by atoms with Gasteiger partial charge in [0, 0.05) is 30.1 Å². The van der Waals surface area contributed by atoms with Crippen molar-refractivity contribution in [3.8, 4) is 0 Å². The predicted molar refractivity (Wildman–Crippen MR) is 117 cm³/mol. The van der Waals surface area contributed by atoms with E-state index in [-0.39, 0.29) is 17.6 Å². The molecule has 0 bridgehead atoms. The van der Waals surface area contributed by atoms with Gasteiger partial charge in [0.2, 0.25) is 5.91 Å². The minimum absolute atomic E-state index is 0.00923. The summed E-state index contributed by atoms with van der Waals surface area (Å²) in [5.74, 6) is 0.222. The Morgan fingerprint density at radius 3 is 2.30 bits per heavy atom. The summed E-state index contributed by atoms with van der Waals surface area (Å²) in [5.41, 5.74) is 1.99. The van der Waals surface area contributed by atoms with E-state index in [0.717, 1.165) is 31.2 Å². The average Bonchev–Trinajstić information content (AvgIpc) is 3.62. The molecule has 2 aromatic carbocycles. The van der Waals surface area contributed by atoms with Crippen molar-refractivity contribution in [1.29, 1.82) is 0 Å². The number of benzene rings is 2. The summed E-state index contributed by atoms with van der Waals surface area (Å²) in [5, 5.41) is 6.36. The van der Waals surface area contributed by atoms with E-state index in [1.165, 1.54) is 0 Å². The summed E-state index contributed by atoms with van der Waals surface area (Å²) in [6.45, 7) is 0.341. The van der Waals surface area contributed by atoms with Crippen LogP contribution in [0, 0.1) is 11.8 Å². The number of Topliss-reactive ketones (excluding diaryl/α,β-unsaturated/α-hetero) is 1. The van der Waals surface area contributed by atoms with E-state index in [1.807, 2.05) is 0 Å². The lowest BCUT2D eigenvalue weighted by molar-refractivity contribution is -0.122. The zero-order valence-electron chi connectivity index (χ0n) is 16.3. The number of carbonyl (C=O) groups is 3. The lowest BCUT2D eigenvalue weighted by atomic mass is 10.0. The molecule has 0 spiro atoms. The predicted octanol–water partition coefficient (Wildman–Crippen LogP) is 5.25. The normalized spacial score (nSPS) is 15.5. The Morgan fingerprint density at radius 2 is 1.60 bits per heavy atom. The van der Waals surface area contributed by atoms with Crippen LogP contribution in [0.3, 0.4) is 0 Å². The van der Waals surface area contributed by atoms with Gasteiger partial charge in [-0.15, -0.1) is 0 Å². The first-order chi connectivity index (χ1) is 14.4. The average molecular weight is 445 g/mol. The Balaban J connectivity index is 1.45. The number of ketones is 1. The molecule has 156 valence electrons. The maximum atomic E-state index is 12.8. The van der Waals surface area contributed by atoms with Gasteiger partial charge < -0.3 is 10.6 Å². The van der Waals surface area contributed by atoms with E-state index in [1.54, 1.807) is 36.4 Å². The Hall–Kier alpha value is -2.37. The summed E-state index contributed by atoms with van der Waals surface area (Å²) in [4.78, 5) is 37.1. The number of rotatable bonds is 8. The largest absolute Gasteiger partial charge is 0.352 e. The van der Waals surface area contributed by atoms with Gasteiger partial charge in [0.05, 0.1) is 15.6 Å². The molecule has 0 heterocycles. The number of hydrogen-bond donors (Lipinski definition) is 2. The van der Waals surface area contributed by atoms with Crippen LogP contribution in [-0.4, -0.2) is 17.6 Å². The van der Waals surface area contributed by atoms with Crippen molar-refractivity contribution >= 4 is 46.5 Å². The summed E-state index contributed by atoms with van der Waals surface area (Å²) in [6.07, 6.45) is 4.52. The highest BCUT2D eigenvalue weighted by Crippen LogP contribution is 2.35. The van der Waals surface area contributed by atoms with Crippen molar-refractivity contribution in [3.05, 3.63) is 63.1 Å². The van der Waals surface area contributed by atoms with Gasteiger partial charge in [0.25, 0.3) is 5.91 Å². The monoisotopic (exact) mass is 444 g/mol. The van der Waals surface area contributed by atoms with Crippen LogP contribution in [0.25, 0.3) is 0 Å². The number of carbonyl (C=O) groups excluding carboxylic acids is 3. The van der Waals surface area contributed by atoms with Crippen LogP contribution in [0.5, 0.6) is 0 Å². The van der Waals surface area contributed by atoms with Crippen LogP contribution in [-0.2, 0) is 11.3 Å². The molecule has 7 heteroatoms. The van der Waals surface area contributed by atoms with Gasteiger partial charge in [-0.3, -0.25) is 14.4 Å². The first-order valence-electron chi connectivity index (χ1n) is 10.1. The third-order valence-electron chi connectivity index (χ3n) is 5.39. The van der Waals surface area contributed by atoms with Gasteiger partial charge in [0.1, 0.15) is 0 Å². The molecule has 0 atom stereocenters. The molecule has 4 rings (SSSR count). The summed E-state index contributed by atoms with van der Waals surface area (Å²) >= 11 is 12.4. The van der Waals surface area contributed by atoms with Gasteiger partial charge in [-0.25, -0.2) is 0 Å². The Labute approximate surface area is 185 Å². The van der Waals surface area contributed by atoms with Crippen LogP contribution in [0.4, 0.5) is 5.69 Å². The fraction of sp³-hybridized carbons (Fsp3) is 0.348. The number of hydrogen-bond acceptors (Lipinski definition) is 3. The fourth-order valence-corrected chi connectivity index (χ4v) is 3.67. The molecule has 0 saturated heterocycles. The standard InChI is InChI=1S/C23H22Cl2N2O3/c24-19-8-6-16(11-17(19)21(28)10-13-1-2-13)27-23(30)18-9-14(3-7-20(18)25)12-26-22(29)15-4-5-15/h3,6-9,11,13,15H,1-2,4-5,10,12H2,(H,26,29)(H,27,30). The highest BCUT2D eigenvalue weighted by atomic mass is 35.5. The van der Waals surface area contributed by atoms with Crippen LogP contribution in [0.15, 0.2) is 36.4 Å². The number of halogens is 2. The molecule has 5 nitrogen and oxygen atoms in total. The van der Waals surface area contributed by atoms with Crippen molar-refractivity contribution in [2.75, 3.05) is 5.32 Å². The zero-order chi connectivity index (χ0) is 21.3. The molecule has 2 N–H and O–H groups in total. The van der Waals surface area contributed by atoms with Crippen molar-refractivity contribution in [2.45, 2.75) is 38.6 Å². The van der Waals surface area contributed by atoms with Gasteiger partial charge in [0.15, 0.2) is 5.78 Å². The number of amides is 2. The van der Waals surface area contributed by atoms with E-state index >= 15 is 0 Å². The molecule has 0 radical (unpaired) electrons. The molecule has 2 amide bonds. The van der Waals surface area contributed by atoms with E-state index < -0.39 is 5.91 Å². The second kappa shape index (κ2) is 8.78. The van der Waals surface area contributed by atoms with Crippen LogP contribution < -0.4 is 10.6 Å². The molecule has 0 unspecified atom stereocenters. The molecular weight excluding hydrogens is 423 g/mol. The number of anilines is 1. The Morgan fingerprint density at radius 1 is 0.900 bits per heavy atom. The summed E-state index contributed by atoms with van der Waals surface area (Å²) < 4.78 is 0. The maximum absolute atomic E-state index is 12.8.